The lowest BCUT2D eigenvalue weighted by Gasteiger charge is -2.30. The number of carbonyl (C=O) groups is 1. The van der Waals surface area contributed by atoms with E-state index in [0.717, 1.165) is 0 Å². The maximum atomic E-state index is 13.0. The van der Waals surface area contributed by atoms with Gasteiger partial charge in [-0.25, -0.2) is 9.78 Å². The summed E-state index contributed by atoms with van der Waals surface area (Å²) in [5.74, 6) is 0.682. The Morgan fingerprint density at radius 1 is 1.22 bits per heavy atom. The van der Waals surface area contributed by atoms with Crippen LogP contribution in [-0.4, -0.2) is 39.8 Å². The number of methoxy groups -OCH3 is 1. The van der Waals surface area contributed by atoms with Crippen LogP contribution >= 0.6 is 11.6 Å². The number of carbonyl (C=O) groups excluding carboxylic acids is 1. The van der Waals surface area contributed by atoms with E-state index in [2.05, 4.69) is 4.98 Å². The maximum absolute atomic E-state index is 13.0. The SMILES string of the molecule is COc1ccc(-n2c(Cl)nc3c(c2=O)CCN(C(=O)OC(C)(C)C)C3)cc1. The first-order valence-electron chi connectivity index (χ1n) is 8.62. The highest BCUT2D eigenvalue weighted by molar-refractivity contribution is 6.28. The Labute approximate surface area is 162 Å². The topological polar surface area (TPSA) is 73.7 Å². The van der Waals surface area contributed by atoms with Crippen LogP contribution in [0.1, 0.15) is 32.0 Å². The molecule has 0 fully saturated rings. The van der Waals surface area contributed by atoms with Crippen molar-refractivity contribution in [1.82, 2.24) is 14.5 Å². The van der Waals surface area contributed by atoms with Crippen LogP contribution in [0, 0.1) is 0 Å². The van der Waals surface area contributed by atoms with Gasteiger partial charge in [0.1, 0.15) is 11.4 Å². The monoisotopic (exact) mass is 391 g/mol. The highest BCUT2D eigenvalue weighted by Crippen LogP contribution is 2.22. The summed E-state index contributed by atoms with van der Waals surface area (Å²) in [5, 5.41) is 0.0509. The molecule has 1 amide bonds. The minimum Gasteiger partial charge on any atom is -0.497 e. The van der Waals surface area contributed by atoms with Crippen molar-refractivity contribution in [2.45, 2.75) is 39.3 Å². The van der Waals surface area contributed by atoms with E-state index in [1.807, 2.05) is 20.8 Å². The molecule has 144 valence electrons. The summed E-state index contributed by atoms with van der Waals surface area (Å²) in [5.41, 5.74) is 0.872. The van der Waals surface area contributed by atoms with Crippen molar-refractivity contribution >= 4 is 17.7 Å². The first kappa shape index (κ1) is 19.2. The fraction of sp³-hybridized carbons (Fsp3) is 0.421. The summed E-state index contributed by atoms with van der Waals surface area (Å²) in [4.78, 5) is 31.2. The van der Waals surface area contributed by atoms with Gasteiger partial charge in [0.25, 0.3) is 5.56 Å². The molecule has 0 saturated heterocycles. The highest BCUT2D eigenvalue weighted by atomic mass is 35.5. The fourth-order valence-electron chi connectivity index (χ4n) is 2.90. The zero-order valence-corrected chi connectivity index (χ0v) is 16.5. The summed E-state index contributed by atoms with van der Waals surface area (Å²) in [7, 11) is 1.57. The molecule has 1 aliphatic rings. The summed E-state index contributed by atoms with van der Waals surface area (Å²) in [6, 6.07) is 7.00. The van der Waals surface area contributed by atoms with Crippen molar-refractivity contribution in [3.8, 4) is 11.4 Å². The smallest absolute Gasteiger partial charge is 0.410 e. The molecule has 2 aromatic rings. The van der Waals surface area contributed by atoms with Crippen LogP contribution in [-0.2, 0) is 17.7 Å². The van der Waals surface area contributed by atoms with Crippen molar-refractivity contribution in [2.24, 2.45) is 0 Å². The van der Waals surface area contributed by atoms with Gasteiger partial charge in [0, 0.05) is 12.1 Å². The van der Waals surface area contributed by atoms with E-state index in [9.17, 15) is 9.59 Å². The first-order chi connectivity index (χ1) is 12.7. The fourth-order valence-corrected chi connectivity index (χ4v) is 3.17. The maximum Gasteiger partial charge on any atom is 0.410 e. The van der Waals surface area contributed by atoms with E-state index in [4.69, 9.17) is 21.1 Å². The van der Waals surface area contributed by atoms with Gasteiger partial charge in [-0.15, -0.1) is 0 Å². The molecule has 0 spiro atoms. The third kappa shape index (κ3) is 4.08. The third-order valence-electron chi connectivity index (χ3n) is 4.18. The van der Waals surface area contributed by atoms with Gasteiger partial charge in [-0.05, 0) is 63.1 Å². The second-order valence-electron chi connectivity index (χ2n) is 7.30. The van der Waals surface area contributed by atoms with Gasteiger partial charge in [0.2, 0.25) is 5.28 Å². The van der Waals surface area contributed by atoms with Gasteiger partial charge in [-0.1, -0.05) is 0 Å². The molecule has 2 heterocycles. The van der Waals surface area contributed by atoms with Crippen LogP contribution in [0.4, 0.5) is 4.79 Å². The molecule has 0 bridgehead atoms. The number of fused-ring (bicyclic) bond motifs is 1. The number of nitrogens with zero attached hydrogens (tertiary/aromatic N) is 3. The van der Waals surface area contributed by atoms with E-state index < -0.39 is 11.7 Å². The number of amides is 1. The van der Waals surface area contributed by atoms with Crippen LogP contribution in [0.5, 0.6) is 5.75 Å². The molecule has 0 N–H and O–H groups in total. The zero-order valence-electron chi connectivity index (χ0n) is 15.8. The van der Waals surface area contributed by atoms with Gasteiger partial charge in [0.15, 0.2) is 0 Å². The standard InChI is InChI=1S/C19H22ClN3O4/c1-19(2,3)27-18(25)22-10-9-14-15(11-22)21-17(20)23(16(14)24)12-5-7-13(26-4)8-6-12/h5-8H,9-11H2,1-4H3. The number of hydrogen-bond donors (Lipinski definition) is 0. The number of halogens is 1. The van der Waals surface area contributed by atoms with Crippen molar-refractivity contribution in [2.75, 3.05) is 13.7 Å². The van der Waals surface area contributed by atoms with Crippen LogP contribution in [0.2, 0.25) is 5.28 Å². The molecule has 27 heavy (non-hydrogen) atoms. The average molecular weight is 392 g/mol. The van der Waals surface area contributed by atoms with Crippen LogP contribution < -0.4 is 10.3 Å². The quantitative estimate of drug-likeness (QED) is 0.735. The predicted octanol–water partition coefficient (Wildman–Crippen LogP) is 3.19. The van der Waals surface area contributed by atoms with Crippen LogP contribution in [0.25, 0.3) is 5.69 Å². The molecule has 3 rings (SSSR count). The van der Waals surface area contributed by atoms with Crippen molar-refractivity contribution in [3.05, 3.63) is 51.2 Å². The Morgan fingerprint density at radius 3 is 2.48 bits per heavy atom. The van der Waals surface area contributed by atoms with E-state index in [1.54, 1.807) is 31.4 Å². The Kier molecular flexibility index (Phi) is 5.15. The molecule has 0 radical (unpaired) electrons. The van der Waals surface area contributed by atoms with E-state index >= 15 is 0 Å². The number of aromatic nitrogens is 2. The van der Waals surface area contributed by atoms with E-state index in [1.165, 1.54) is 9.47 Å². The van der Waals surface area contributed by atoms with Crippen LogP contribution in [0.3, 0.4) is 0 Å². The summed E-state index contributed by atoms with van der Waals surface area (Å²) in [6.07, 6.45) is -0.0290. The number of benzene rings is 1. The third-order valence-corrected chi connectivity index (χ3v) is 4.43. The molecule has 8 heteroatoms. The van der Waals surface area contributed by atoms with Crippen molar-refractivity contribution < 1.29 is 14.3 Å². The van der Waals surface area contributed by atoms with Gasteiger partial charge >= 0.3 is 6.09 Å². The van der Waals surface area contributed by atoms with Gasteiger partial charge in [-0.3, -0.25) is 9.36 Å². The molecular formula is C19H22ClN3O4. The van der Waals surface area contributed by atoms with Crippen molar-refractivity contribution in [3.63, 3.8) is 0 Å². The van der Waals surface area contributed by atoms with E-state index in [0.29, 0.717) is 35.7 Å². The Hall–Kier alpha value is -2.54. The second-order valence-corrected chi connectivity index (χ2v) is 7.63. The summed E-state index contributed by atoms with van der Waals surface area (Å²) in [6.45, 7) is 6.02. The second kappa shape index (κ2) is 7.23. The lowest BCUT2D eigenvalue weighted by atomic mass is 10.1. The molecule has 0 aliphatic carbocycles. The molecule has 0 saturated carbocycles. The van der Waals surface area contributed by atoms with Gasteiger partial charge in [-0.2, -0.15) is 0 Å². The molecule has 0 unspecified atom stereocenters. The Morgan fingerprint density at radius 2 is 1.89 bits per heavy atom. The van der Waals surface area contributed by atoms with Crippen LogP contribution in [0.15, 0.2) is 29.1 Å². The summed E-state index contributed by atoms with van der Waals surface area (Å²) >= 11 is 6.29. The largest absolute Gasteiger partial charge is 0.497 e. The molecule has 7 nitrogen and oxygen atoms in total. The van der Waals surface area contributed by atoms with Gasteiger partial charge < -0.3 is 14.4 Å². The molecule has 1 aromatic carbocycles. The lowest BCUT2D eigenvalue weighted by molar-refractivity contribution is 0.0220. The number of ether oxygens (including phenoxy) is 2. The molecular weight excluding hydrogens is 370 g/mol. The predicted molar refractivity (Wildman–Crippen MR) is 102 cm³/mol. The molecule has 1 aromatic heterocycles. The average Bonchev–Trinajstić information content (AvgIpc) is 2.60. The lowest BCUT2D eigenvalue weighted by Crippen LogP contribution is -2.42. The number of rotatable bonds is 2. The normalized spacial score (nSPS) is 13.9. The highest BCUT2D eigenvalue weighted by Gasteiger charge is 2.29. The van der Waals surface area contributed by atoms with Crippen molar-refractivity contribution in [1.29, 1.82) is 0 Å². The van der Waals surface area contributed by atoms with Gasteiger partial charge in [0.05, 0.1) is 25.0 Å². The Bertz CT molecular complexity index is 916. The zero-order chi connectivity index (χ0) is 19.8. The number of hydrogen-bond acceptors (Lipinski definition) is 5. The molecule has 0 atom stereocenters. The minimum atomic E-state index is -0.583. The Balaban J connectivity index is 1.92. The minimum absolute atomic E-state index is 0.0509. The first-order valence-corrected chi connectivity index (χ1v) is 9.00. The molecule has 1 aliphatic heterocycles. The van der Waals surface area contributed by atoms with E-state index in [-0.39, 0.29) is 17.4 Å². The summed E-state index contributed by atoms with van der Waals surface area (Å²) < 4.78 is 11.9.